The molecule has 0 spiro atoms. The fraction of sp³-hybridized carbons (Fsp3) is 0.286. The quantitative estimate of drug-likeness (QED) is 0.682. The molecule has 1 aliphatic rings. The summed E-state index contributed by atoms with van der Waals surface area (Å²) in [4.78, 5) is 20.6. The maximum Gasteiger partial charge on any atom is 0.286 e. The normalized spacial score (nSPS) is 16.3. The highest BCUT2D eigenvalue weighted by atomic mass is 19.3. The summed E-state index contributed by atoms with van der Waals surface area (Å²) in [6.07, 6.45) is 3.34. The Kier molecular flexibility index (Phi) is 4.86. The second kappa shape index (κ2) is 7.35. The van der Waals surface area contributed by atoms with E-state index in [-0.39, 0.29) is 17.1 Å². The van der Waals surface area contributed by atoms with Crippen LogP contribution in [0.4, 0.5) is 13.2 Å². The number of carbonyl (C=O) groups is 1. The maximum absolute atomic E-state index is 13.6. The number of benzene rings is 1. The van der Waals surface area contributed by atoms with E-state index in [1.165, 1.54) is 30.5 Å². The molecular weight excluding hydrogens is 383 g/mol. The third-order valence-corrected chi connectivity index (χ3v) is 4.80. The summed E-state index contributed by atoms with van der Waals surface area (Å²) in [6.45, 7) is 0.775. The Balaban J connectivity index is 1.61. The predicted molar refractivity (Wildman–Crippen MR) is 98.8 cm³/mol. The fourth-order valence-corrected chi connectivity index (χ4v) is 3.36. The lowest BCUT2D eigenvalue weighted by atomic mass is 9.96. The van der Waals surface area contributed by atoms with Gasteiger partial charge in [0.05, 0.1) is 6.04 Å². The van der Waals surface area contributed by atoms with Crippen molar-refractivity contribution in [3.63, 3.8) is 0 Å². The number of rotatable bonds is 4. The van der Waals surface area contributed by atoms with Crippen LogP contribution >= 0.6 is 0 Å². The molecule has 1 aliphatic carbocycles. The Labute approximate surface area is 165 Å². The van der Waals surface area contributed by atoms with Crippen LogP contribution in [0, 0.1) is 5.82 Å². The average Bonchev–Trinajstić information content (AvgIpc) is 3.13. The first kappa shape index (κ1) is 19.2. The van der Waals surface area contributed by atoms with Gasteiger partial charge in [-0.2, -0.15) is 8.78 Å². The monoisotopic (exact) mass is 401 g/mol. The summed E-state index contributed by atoms with van der Waals surface area (Å²) in [6, 6.07) is 7.82. The van der Waals surface area contributed by atoms with Crippen LogP contribution < -0.4 is 5.32 Å². The second-order valence-corrected chi connectivity index (χ2v) is 7.07. The summed E-state index contributed by atoms with van der Waals surface area (Å²) in [7, 11) is 0. The number of aryl methyl sites for hydroxylation is 1. The van der Waals surface area contributed by atoms with Gasteiger partial charge in [-0.05, 0) is 43.2 Å². The molecular formula is C21H18F3N3O2. The number of oxazole rings is 1. The summed E-state index contributed by atoms with van der Waals surface area (Å²) in [5, 5.41) is 2.86. The van der Waals surface area contributed by atoms with Gasteiger partial charge in [0.1, 0.15) is 23.0 Å². The smallest absolute Gasteiger partial charge is 0.286 e. The van der Waals surface area contributed by atoms with Crippen molar-refractivity contribution in [1.29, 1.82) is 0 Å². The minimum atomic E-state index is -3.08. The van der Waals surface area contributed by atoms with E-state index < -0.39 is 23.7 Å². The third kappa shape index (κ3) is 4.01. The minimum Gasteiger partial charge on any atom is -0.441 e. The van der Waals surface area contributed by atoms with Crippen LogP contribution in [-0.2, 0) is 12.3 Å². The van der Waals surface area contributed by atoms with Crippen LogP contribution in [-0.4, -0.2) is 15.9 Å². The van der Waals surface area contributed by atoms with Crippen LogP contribution in [0.2, 0.25) is 0 Å². The van der Waals surface area contributed by atoms with Gasteiger partial charge in [0.2, 0.25) is 5.89 Å². The summed E-state index contributed by atoms with van der Waals surface area (Å²) < 4.78 is 46.4. The Morgan fingerprint density at radius 1 is 1.28 bits per heavy atom. The summed E-state index contributed by atoms with van der Waals surface area (Å²) >= 11 is 0. The first-order valence-corrected chi connectivity index (χ1v) is 9.22. The van der Waals surface area contributed by atoms with Gasteiger partial charge >= 0.3 is 0 Å². The maximum atomic E-state index is 13.6. The molecule has 0 fully saturated rings. The highest BCUT2D eigenvalue weighted by Crippen LogP contribution is 2.34. The van der Waals surface area contributed by atoms with Crippen LogP contribution in [0.1, 0.15) is 53.3 Å². The van der Waals surface area contributed by atoms with Gasteiger partial charge in [-0.15, -0.1) is 0 Å². The second-order valence-electron chi connectivity index (χ2n) is 7.07. The number of carbonyl (C=O) groups excluding carboxylic acids is 1. The number of alkyl halides is 2. The number of aromatic nitrogens is 2. The van der Waals surface area contributed by atoms with E-state index in [0.717, 1.165) is 19.4 Å². The van der Waals surface area contributed by atoms with Crippen molar-refractivity contribution in [3.05, 3.63) is 71.1 Å². The van der Waals surface area contributed by atoms with Gasteiger partial charge in [0.25, 0.3) is 11.8 Å². The fourth-order valence-electron chi connectivity index (χ4n) is 3.36. The van der Waals surface area contributed by atoms with Crippen molar-refractivity contribution in [3.8, 4) is 11.5 Å². The lowest BCUT2D eigenvalue weighted by Crippen LogP contribution is -2.31. The van der Waals surface area contributed by atoms with E-state index in [2.05, 4.69) is 15.3 Å². The Morgan fingerprint density at radius 2 is 2.10 bits per heavy atom. The zero-order valence-corrected chi connectivity index (χ0v) is 15.6. The number of hydrogen-bond acceptors (Lipinski definition) is 4. The molecule has 1 N–H and O–H groups in total. The number of nitrogens with zero attached hydrogens (tertiary/aromatic N) is 2. The molecule has 1 atom stereocenters. The lowest BCUT2D eigenvalue weighted by molar-refractivity contribution is 0.0128. The van der Waals surface area contributed by atoms with Crippen LogP contribution in [0.15, 0.2) is 47.0 Å². The van der Waals surface area contributed by atoms with Gasteiger partial charge in [-0.25, -0.2) is 9.37 Å². The van der Waals surface area contributed by atoms with Gasteiger partial charge in [0.15, 0.2) is 0 Å². The first-order chi connectivity index (χ1) is 13.8. The molecule has 0 unspecified atom stereocenters. The molecule has 8 heteroatoms. The van der Waals surface area contributed by atoms with Crippen molar-refractivity contribution in [2.24, 2.45) is 0 Å². The molecule has 0 saturated carbocycles. The highest BCUT2D eigenvalue weighted by Gasteiger charge is 2.30. The third-order valence-electron chi connectivity index (χ3n) is 4.80. The molecule has 0 saturated heterocycles. The van der Waals surface area contributed by atoms with Gasteiger partial charge in [0, 0.05) is 30.7 Å². The number of nitrogens with one attached hydrogen (secondary N) is 1. The zero-order valence-electron chi connectivity index (χ0n) is 15.6. The molecule has 1 aromatic carbocycles. The molecule has 1 amide bonds. The van der Waals surface area contributed by atoms with Crippen molar-refractivity contribution in [1.82, 2.24) is 15.3 Å². The molecule has 0 bridgehead atoms. The molecule has 150 valence electrons. The number of hydrogen-bond donors (Lipinski definition) is 1. The summed E-state index contributed by atoms with van der Waals surface area (Å²) in [5.41, 5.74) is 0.797. The van der Waals surface area contributed by atoms with Gasteiger partial charge in [-0.3, -0.25) is 9.78 Å². The molecule has 3 aromatic rings. The molecule has 4 rings (SSSR count). The Morgan fingerprint density at radius 3 is 2.86 bits per heavy atom. The van der Waals surface area contributed by atoms with E-state index in [1.807, 2.05) is 0 Å². The predicted octanol–water partition coefficient (Wildman–Crippen LogP) is 4.79. The highest BCUT2D eigenvalue weighted by molar-refractivity contribution is 5.94. The van der Waals surface area contributed by atoms with Crippen molar-refractivity contribution in [2.45, 2.75) is 38.2 Å². The van der Waals surface area contributed by atoms with Crippen molar-refractivity contribution >= 4 is 5.91 Å². The minimum absolute atomic E-state index is 0.204. The number of amides is 1. The van der Waals surface area contributed by atoms with E-state index >= 15 is 0 Å². The molecule has 5 nitrogen and oxygen atoms in total. The molecule has 2 heterocycles. The van der Waals surface area contributed by atoms with E-state index in [0.29, 0.717) is 29.9 Å². The Bertz CT molecular complexity index is 1060. The molecule has 2 aromatic heterocycles. The SMILES string of the molecule is CC(F)(F)c1cc(-c2nc3c(o2)CCC[C@@H]3NC(=O)c2cccc(F)c2)ccn1. The number of fused-ring (bicyclic) bond motifs is 1. The van der Waals surface area contributed by atoms with Gasteiger partial charge < -0.3 is 9.73 Å². The average molecular weight is 401 g/mol. The van der Waals surface area contributed by atoms with Crippen molar-refractivity contribution in [2.75, 3.05) is 0 Å². The van der Waals surface area contributed by atoms with E-state index in [9.17, 15) is 18.0 Å². The largest absolute Gasteiger partial charge is 0.441 e. The zero-order chi connectivity index (χ0) is 20.6. The van der Waals surface area contributed by atoms with Crippen LogP contribution in [0.25, 0.3) is 11.5 Å². The van der Waals surface area contributed by atoms with E-state index in [1.54, 1.807) is 6.07 Å². The molecule has 0 aliphatic heterocycles. The standard InChI is InChI=1S/C21H18F3N3O2/c1-21(23,24)17-11-13(8-9-25-17)20-27-18-15(6-3-7-16(18)29-20)26-19(28)12-4-2-5-14(22)10-12/h2,4-5,8-11,15H,3,6-7H2,1H3,(H,26,28)/t15-/m0/s1. The molecule has 29 heavy (non-hydrogen) atoms. The lowest BCUT2D eigenvalue weighted by Gasteiger charge is -2.21. The number of halogens is 3. The topological polar surface area (TPSA) is 68.0 Å². The van der Waals surface area contributed by atoms with Crippen LogP contribution in [0.3, 0.4) is 0 Å². The molecule has 0 radical (unpaired) electrons. The van der Waals surface area contributed by atoms with Crippen LogP contribution in [0.5, 0.6) is 0 Å². The summed E-state index contributed by atoms with van der Waals surface area (Å²) in [5.74, 6) is -3.17. The van der Waals surface area contributed by atoms with E-state index in [4.69, 9.17) is 4.42 Å². The Hall–Kier alpha value is -3.16. The number of pyridine rings is 1. The van der Waals surface area contributed by atoms with Crippen molar-refractivity contribution < 1.29 is 22.4 Å². The first-order valence-electron chi connectivity index (χ1n) is 9.22. The van der Waals surface area contributed by atoms with Gasteiger partial charge in [-0.1, -0.05) is 6.07 Å².